The van der Waals surface area contributed by atoms with Crippen molar-refractivity contribution in [2.24, 2.45) is 5.92 Å². The molecule has 0 aliphatic carbocycles. The van der Waals surface area contributed by atoms with Gasteiger partial charge < -0.3 is 15.3 Å². The lowest BCUT2D eigenvalue weighted by molar-refractivity contribution is -0.144. The SMILES string of the molecule is O=C(NCc1nc(C(F)(F)F)n[nH]1)[C@@H]1CCCN(CCO)C1. The van der Waals surface area contributed by atoms with Crippen LogP contribution in [0.25, 0.3) is 0 Å². The highest BCUT2D eigenvalue weighted by molar-refractivity contribution is 5.78. The number of piperidine rings is 1. The third kappa shape index (κ3) is 4.41. The van der Waals surface area contributed by atoms with E-state index < -0.39 is 12.0 Å². The number of rotatable bonds is 5. The molecule has 2 heterocycles. The lowest BCUT2D eigenvalue weighted by Crippen LogP contribution is -2.43. The van der Waals surface area contributed by atoms with Crippen LogP contribution in [0.3, 0.4) is 0 Å². The molecule has 10 heteroatoms. The predicted octanol–water partition coefficient (Wildman–Crippen LogP) is 0.144. The number of β-amino-alcohol motifs (C(OH)–C–C–N with tert-alkyl or cyclic N) is 1. The monoisotopic (exact) mass is 321 g/mol. The minimum atomic E-state index is -4.60. The molecule has 1 fully saturated rings. The van der Waals surface area contributed by atoms with Crippen molar-refractivity contribution in [3.8, 4) is 0 Å². The van der Waals surface area contributed by atoms with Gasteiger partial charge in [-0.3, -0.25) is 9.89 Å². The largest absolute Gasteiger partial charge is 0.453 e. The van der Waals surface area contributed by atoms with Gasteiger partial charge in [0.1, 0.15) is 5.82 Å². The van der Waals surface area contributed by atoms with Gasteiger partial charge in [0.25, 0.3) is 5.82 Å². The fourth-order valence-electron chi connectivity index (χ4n) is 2.43. The Balaban J connectivity index is 1.83. The quantitative estimate of drug-likeness (QED) is 0.717. The lowest BCUT2D eigenvalue weighted by atomic mass is 9.97. The van der Waals surface area contributed by atoms with Gasteiger partial charge in [-0.2, -0.15) is 13.2 Å². The highest BCUT2D eigenvalue weighted by Crippen LogP contribution is 2.25. The third-order valence-corrected chi connectivity index (χ3v) is 3.51. The first-order valence-electron chi connectivity index (χ1n) is 6.99. The molecule has 0 spiro atoms. The van der Waals surface area contributed by atoms with Crippen LogP contribution in [0.1, 0.15) is 24.5 Å². The topological polar surface area (TPSA) is 94.1 Å². The maximum absolute atomic E-state index is 12.3. The van der Waals surface area contributed by atoms with E-state index >= 15 is 0 Å². The van der Waals surface area contributed by atoms with Crippen molar-refractivity contribution < 1.29 is 23.1 Å². The van der Waals surface area contributed by atoms with E-state index in [9.17, 15) is 18.0 Å². The number of likely N-dealkylation sites (tertiary alicyclic amines) is 1. The van der Waals surface area contributed by atoms with Crippen molar-refractivity contribution in [2.75, 3.05) is 26.2 Å². The van der Waals surface area contributed by atoms with E-state index in [0.29, 0.717) is 13.1 Å². The van der Waals surface area contributed by atoms with Gasteiger partial charge in [0, 0.05) is 13.1 Å². The molecular formula is C12H18F3N5O2. The summed E-state index contributed by atoms with van der Waals surface area (Å²) in [6, 6.07) is 0. The number of aromatic nitrogens is 3. The van der Waals surface area contributed by atoms with E-state index in [1.54, 1.807) is 0 Å². The van der Waals surface area contributed by atoms with Gasteiger partial charge in [-0.1, -0.05) is 0 Å². The standard InChI is InChI=1S/C12H18F3N5O2/c13-12(14,15)11-17-9(18-19-11)6-16-10(22)8-2-1-3-20(7-8)4-5-21/h8,21H,1-7H2,(H,16,22)(H,17,18,19)/t8-/m1/s1. The zero-order valence-corrected chi connectivity index (χ0v) is 11.9. The van der Waals surface area contributed by atoms with Crippen molar-refractivity contribution in [3.05, 3.63) is 11.6 Å². The molecule has 1 aromatic heterocycles. The summed E-state index contributed by atoms with van der Waals surface area (Å²) in [5, 5.41) is 16.7. The molecule has 1 aliphatic heterocycles. The Kier molecular flexibility index (Phi) is 5.35. The second kappa shape index (κ2) is 7.05. The van der Waals surface area contributed by atoms with Gasteiger partial charge in [0.15, 0.2) is 0 Å². The fourth-order valence-corrected chi connectivity index (χ4v) is 2.43. The Labute approximate surface area is 124 Å². The molecule has 0 unspecified atom stereocenters. The molecule has 124 valence electrons. The van der Waals surface area contributed by atoms with Crippen LogP contribution in [0.15, 0.2) is 0 Å². The van der Waals surface area contributed by atoms with Crippen molar-refractivity contribution in [1.29, 1.82) is 0 Å². The number of H-pyrrole nitrogens is 1. The predicted molar refractivity (Wildman–Crippen MR) is 69.5 cm³/mol. The van der Waals surface area contributed by atoms with Crippen LogP contribution in [-0.4, -0.2) is 57.3 Å². The second-order valence-electron chi connectivity index (χ2n) is 5.18. The number of aliphatic hydroxyl groups is 1. The van der Waals surface area contributed by atoms with E-state index in [1.165, 1.54) is 0 Å². The molecule has 0 saturated carbocycles. The summed E-state index contributed by atoms with van der Waals surface area (Å²) < 4.78 is 37.0. The first kappa shape index (κ1) is 16.7. The molecule has 0 bridgehead atoms. The van der Waals surface area contributed by atoms with Crippen LogP contribution in [0.4, 0.5) is 13.2 Å². The fraction of sp³-hybridized carbons (Fsp3) is 0.750. The van der Waals surface area contributed by atoms with Gasteiger partial charge in [-0.05, 0) is 19.4 Å². The normalized spacial score (nSPS) is 20.1. The van der Waals surface area contributed by atoms with Crippen LogP contribution in [0.2, 0.25) is 0 Å². The second-order valence-corrected chi connectivity index (χ2v) is 5.18. The van der Waals surface area contributed by atoms with E-state index in [0.717, 1.165) is 19.4 Å². The zero-order valence-electron chi connectivity index (χ0n) is 11.9. The molecule has 1 atom stereocenters. The minimum Gasteiger partial charge on any atom is -0.395 e. The summed E-state index contributed by atoms with van der Waals surface area (Å²) in [7, 11) is 0. The molecule has 1 saturated heterocycles. The Morgan fingerprint density at radius 2 is 2.27 bits per heavy atom. The summed E-state index contributed by atoms with van der Waals surface area (Å²) in [5.74, 6) is -1.75. The molecule has 1 aliphatic rings. The molecule has 0 aromatic carbocycles. The van der Waals surface area contributed by atoms with E-state index in [1.807, 2.05) is 4.90 Å². The van der Waals surface area contributed by atoms with Gasteiger partial charge in [-0.25, -0.2) is 4.98 Å². The summed E-state index contributed by atoms with van der Waals surface area (Å²) in [6.45, 7) is 1.80. The van der Waals surface area contributed by atoms with Crippen LogP contribution in [-0.2, 0) is 17.5 Å². The van der Waals surface area contributed by atoms with Crippen molar-refractivity contribution in [1.82, 2.24) is 25.4 Å². The summed E-state index contributed by atoms with van der Waals surface area (Å²) in [4.78, 5) is 17.3. The number of hydrogen-bond acceptors (Lipinski definition) is 5. The van der Waals surface area contributed by atoms with Gasteiger partial charge >= 0.3 is 6.18 Å². The molecule has 2 rings (SSSR count). The number of carbonyl (C=O) groups excluding carboxylic acids is 1. The van der Waals surface area contributed by atoms with E-state index in [2.05, 4.69) is 20.5 Å². The first-order valence-corrected chi connectivity index (χ1v) is 6.99. The van der Waals surface area contributed by atoms with E-state index in [4.69, 9.17) is 5.11 Å². The highest BCUT2D eigenvalue weighted by atomic mass is 19.4. The van der Waals surface area contributed by atoms with E-state index in [-0.39, 0.29) is 30.8 Å². The minimum absolute atomic E-state index is 0.0343. The number of amides is 1. The van der Waals surface area contributed by atoms with Gasteiger partial charge in [0.05, 0.1) is 19.1 Å². The maximum atomic E-state index is 12.3. The summed E-state index contributed by atoms with van der Waals surface area (Å²) in [5.41, 5.74) is 0. The Bertz CT molecular complexity index is 503. The average Bonchev–Trinajstić information content (AvgIpc) is 2.94. The number of halogens is 3. The van der Waals surface area contributed by atoms with Gasteiger partial charge in [-0.15, -0.1) is 5.10 Å². The van der Waals surface area contributed by atoms with Crippen LogP contribution in [0.5, 0.6) is 0 Å². The van der Waals surface area contributed by atoms with Crippen LogP contribution < -0.4 is 5.32 Å². The third-order valence-electron chi connectivity index (χ3n) is 3.51. The van der Waals surface area contributed by atoms with Crippen molar-refractivity contribution in [2.45, 2.75) is 25.6 Å². The van der Waals surface area contributed by atoms with Crippen LogP contribution >= 0.6 is 0 Å². The first-order chi connectivity index (χ1) is 10.4. The molecule has 7 nitrogen and oxygen atoms in total. The number of alkyl halides is 3. The Morgan fingerprint density at radius 1 is 1.50 bits per heavy atom. The Hall–Kier alpha value is -1.68. The molecule has 22 heavy (non-hydrogen) atoms. The molecule has 3 N–H and O–H groups in total. The smallest absolute Gasteiger partial charge is 0.395 e. The summed E-state index contributed by atoms with van der Waals surface area (Å²) in [6.07, 6.45) is -3.04. The lowest BCUT2D eigenvalue weighted by Gasteiger charge is -2.31. The highest BCUT2D eigenvalue weighted by Gasteiger charge is 2.36. The number of nitrogens with one attached hydrogen (secondary N) is 2. The summed E-state index contributed by atoms with van der Waals surface area (Å²) >= 11 is 0. The number of carbonyl (C=O) groups is 1. The molecular weight excluding hydrogens is 303 g/mol. The zero-order chi connectivity index (χ0) is 16.2. The van der Waals surface area contributed by atoms with Crippen molar-refractivity contribution >= 4 is 5.91 Å². The number of nitrogens with zero attached hydrogens (tertiary/aromatic N) is 3. The average molecular weight is 321 g/mol. The molecule has 0 radical (unpaired) electrons. The molecule has 1 amide bonds. The van der Waals surface area contributed by atoms with Gasteiger partial charge in [0.2, 0.25) is 5.91 Å². The van der Waals surface area contributed by atoms with Crippen molar-refractivity contribution in [3.63, 3.8) is 0 Å². The number of aliphatic hydroxyl groups excluding tert-OH is 1. The number of hydrogen-bond donors (Lipinski definition) is 3. The number of aromatic amines is 1. The maximum Gasteiger partial charge on any atom is 0.453 e. The Morgan fingerprint density at radius 3 is 2.91 bits per heavy atom. The van der Waals surface area contributed by atoms with Crippen LogP contribution in [0, 0.1) is 5.92 Å². The molecule has 1 aromatic rings.